The van der Waals surface area contributed by atoms with Crippen LogP contribution in [0.15, 0.2) is 54.7 Å². The molecule has 0 radical (unpaired) electrons. The molecule has 0 aliphatic rings. The number of nitrogens with zero attached hydrogens (tertiary/aromatic N) is 3. The largest absolute Gasteiger partial charge is 0.307 e. The Morgan fingerprint density at radius 3 is 2.50 bits per heavy atom. The van der Waals surface area contributed by atoms with Crippen molar-refractivity contribution in [2.45, 2.75) is 46.6 Å². The van der Waals surface area contributed by atoms with Gasteiger partial charge in [0.05, 0.1) is 27.3 Å². The normalized spacial score (nSPS) is 12.8. The van der Waals surface area contributed by atoms with Crippen molar-refractivity contribution in [1.29, 1.82) is 0 Å². The Hall–Kier alpha value is -3.64. The van der Waals surface area contributed by atoms with Gasteiger partial charge in [0, 0.05) is 36.2 Å². The van der Waals surface area contributed by atoms with Gasteiger partial charge in [-0.25, -0.2) is 11.1 Å². The van der Waals surface area contributed by atoms with Crippen molar-refractivity contribution in [3.05, 3.63) is 82.8 Å². The highest BCUT2D eigenvalue weighted by atomic mass is 15.0. The molecule has 0 aliphatic heterocycles. The Morgan fingerprint density at radius 2 is 1.76 bits per heavy atom. The van der Waals surface area contributed by atoms with Gasteiger partial charge >= 0.3 is 0 Å². The van der Waals surface area contributed by atoms with Crippen LogP contribution in [0.5, 0.6) is 0 Å². The molecule has 3 nitrogen and oxygen atoms in total. The van der Waals surface area contributed by atoms with E-state index in [9.17, 15) is 0 Å². The molecular formula is C31H30N3+. The monoisotopic (exact) mass is 444 g/mol. The first-order chi connectivity index (χ1) is 16.2. The summed E-state index contributed by atoms with van der Waals surface area (Å²) < 4.78 is 4.73. The lowest BCUT2D eigenvalue weighted by molar-refractivity contribution is -0.643. The van der Waals surface area contributed by atoms with Crippen LogP contribution in [0.3, 0.4) is 0 Å². The minimum atomic E-state index is -0.581. The molecule has 0 aliphatic carbocycles. The van der Waals surface area contributed by atoms with Crippen LogP contribution in [0.4, 0.5) is 0 Å². The van der Waals surface area contributed by atoms with E-state index in [0.717, 1.165) is 12.0 Å². The molecule has 3 heteroatoms. The summed E-state index contributed by atoms with van der Waals surface area (Å²) in [7, 11) is 2.15. The Labute approximate surface area is 200 Å². The number of fused-ring (bicyclic) bond motifs is 5. The highest BCUT2D eigenvalue weighted by molar-refractivity contribution is 6.25. The maximum atomic E-state index is 7.82. The van der Waals surface area contributed by atoms with E-state index >= 15 is 0 Å². The molecule has 0 N–H and O–H groups in total. The average Bonchev–Trinajstić information content (AvgIpc) is 3.13. The summed E-state index contributed by atoms with van der Waals surface area (Å²) in [6.07, 6.45) is 3.24. The summed E-state index contributed by atoms with van der Waals surface area (Å²) in [6.45, 7) is 18.6. The first-order valence-electron chi connectivity index (χ1n) is 12.1. The third kappa shape index (κ3) is 2.72. The van der Waals surface area contributed by atoms with Gasteiger partial charge in [0.2, 0.25) is 5.52 Å². The maximum absolute atomic E-state index is 7.82. The predicted molar refractivity (Wildman–Crippen MR) is 143 cm³/mol. The predicted octanol–water partition coefficient (Wildman–Crippen LogP) is 7.48. The molecule has 6 rings (SSSR count). The summed E-state index contributed by atoms with van der Waals surface area (Å²) in [5.41, 5.74) is 8.13. The van der Waals surface area contributed by atoms with Gasteiger partial charge in [-0.1, -0.05) is 32.0 Å². The van der Waals surface area contributed by atoms with E-state index in [2.05, 4.69) is 96.4 Å². The highest BCUT2D eigenvalue weighted by Gasteiger charge is 2.30. The number of aryl methyl sites for hydroxylation is 2. The van der Waals surface area contributed by atoms with E-state index in [1.165, 1.54) is 60.1 Å². The highest BCUT2D eigenvalue weighted by Crippen LogP contribution is 2.42. The van der Waals surface area contributed by atoms with Gasteiger partial charge in [-0.05, 0) is 60.0 Å². The lowest BCUT2D eigenvalue weighted by Crippen LogP contribution is -2.29. The van der Waals surface area contributed by atoms with Crippen molar-refractivity contribution in [2.24, 2.45) is 13.0 Å². The van der Waals surface area contributed by atoms with Gasteiger partial charge in [-0.2, -0.15) is 0 Å². The molecule has 3 heterocycles. The fraction of sp³-hybridized carbons (Fsp3) is 0.290. The Bertz CT molecular complexity index is 1810. The lowest BCUT2D eigenvalue weighted by Gasteiger charge is -2.17. The first-order valence-corrected chi connectivity index (χ1v) is 12.1. The van der Waals surface area contributed by atoms with Crippen LogP contribution in [0.1, 0.15) is 44.4 Å². The molecule has 6 aromatic rings. The van der Waals surface area contributed by atoms with Gasteiger partial charge < -0.3 is 9.25 Å². The second-order valence-electron chi connectivity index (χ2n) is 10.8. The van der Waals surface area contributed by atoms with Gasteiger partial charge in [0.25, 0.3) is 5.54 Å². The quantitative estimate of drug-likeness (QED) is 0.116. The Kier molecular flexibility index (Phi) is 4.27. The number of rotatable bonds is 3. The molecule has 0 saturated carbocycles. The smallest absolute Gasteiger partial charge is 0.252 e. The molecular weight excluding hydrogens is 414 g/mol. The second-order valence-corrected chi connectivity index (χ2v) is 10.8. The van der Waals surface area contributed by atoms with E-state index < -0.39 is 5.54 Å². The fourth-order valence-corrected chi connectivity index (χ4v) is 5.78. The molecule has 0 fully saturated rings. The molecule has 0 amide bonds. The van der Waals surface area contributed by atoms with Crippen molar-refractivity contribution in [2.75, 3.05) is 0 Å². The summed E-state index contributed by atoms with van der Waals surface area (Å²) >= 11 is 0. The number of hydrogen-bond donors (Lipinski definition) is 0. The molecule has 168 valence electrons. The van der Waals surface area contributed by atoms with E-state index in [0.29, 0.717) is 5.92 Å². The topological polar surface area (TPSA) is 12.7 Å². The van der Waals surface area contributed by atoms with Crippen LogP contribution in [0, 0.1) is 19.4 Å². The van der Waals surface area contributed by atoms with E-state index in [4.69, 9.17) is 6.57 Å². The zero-order chi connectivity index (χ0) is 23.9. The maximum Gasteiger partial charge on any atom is 0.252 e. The number of benzene rings is 3. The first kappa shape index (κ1) is 20.9. The van der Waals surface area contributed by atoms with Gasteiger partial charge in [-0.3, -0.25) is 0 Å². The molecule has 0 atom stereocenters. The van der Waals surface area contributed by atoms with E-state index in [-0.39, 0.29) is 0 Å². The Morgan fingerprint density at radius 1 is 0.971 bits per heavy atom. The van der Waals surface area contributed by atoms with E-state index in [1.54, 1.807) is 0 Å². The molecule has 3 aromatic heterocycles. The lowest BCUT2D eigenvalue weighted by atomic mass is 9.91. The molecule has 3 aromatic carbocycles. The number of pyridine rings is 2. The van der Waals surface area contributed by atoms with Crippen LogP contribution in [0.25, 0.3) is 53.8 Å². The minimum absolute atomic E-state index is 0.581. The Balaban J connectivity index is 1.93. The van der Waals surface area contributed by atoms with Crippen molar-refractivity contribution in [1.82, 2.24) is 4.40 Å². The molecule has 0 spiro atoms. The van der Waals surface area contributed by atoms with Crippen molar-refractivity contribution >= 4 is 49.0 Å². The third-order valence-electron chi connectivity index (χ3n) is 7.52. The summed E-state index contributed by atoms with van der Waals surface area (Å²) in [6, 6.07) is 18.2. The van der Waals surface area contributed by atoms with Crippen molar-refractivity contribution < 1.29 is 4.57 Å². The van der Waals surface area contributed by atoms with Crippen LogP contribution in [0.2, 0.25) is 0 Å². The summed E-state index contributed by atoms with van der Waals surface area (Å²) in [5, 5.41) is 6.39. The van der Waals surface area contributed by atoms with Gasteiger partial charge in [0.1, 0.15) is 7.05 Å². The molecule has 34 heavy (non-hydrogen) atoms. The van der Waals surface area contributed by atoms with Crippen LogP contribution in [-0.2, 0) is 19.0 Å². The van der Waals surface area contributed by atoms with E-state index in [1.807, 2.05) is 13.8 Å². The van der Waals surface area contributed by atoms with Crippen LogP contribution >= 0.6 is 0 Å². The van der Waals surface area contributed by atoms with Crippen molar-refractivity contribution in [3.63, 3.8) is 0 Å². The second kappa shape index (κ2) is 6.93. The van der Waals surface area contributed by atoms with Crippen molar-refractivity contribution in [3.8, 4) is 0 Å². The average molecular weight is 445 g/mol. The fourth-order valence-electron chi connectivity index (χ4n) is 5.78. The summed E-state index contributed by atoms with van der Waals surface area (Å²) in [5.74, 6) is 0.620. The van der Waals surface area contributed by atoms with Gasteiger partial charge in [-0.15, -0.1) is 0 Å². The molecule has 0 unspecified atom stereocenters. The standard InChI is InChI=1S/C31H30N3/c1-18(2)14-20-9-11-25-24(15-20)23-10-8-19(3)27-29(23)34(25)26-17-22(31(4,5)32-6)16-21-12-13-33(7)30(27)28(21)26/h8-13,15-18H,14H2,1-5,7H3/q+1. The minimum Gasteiger partial charge on any atom is -0.307 e. The molecule has 0 bridgehead atoms. The van der Waals surface area contributed by atoms with Crippen LogP contribution in [-0.4, -0.2) is 4.40 Å². The van der Waals surface area contributed by atoms with Crippen LogP contribution < -0.4 is 4.57 Å². The van der Waals surface area contributed by atoms with Gasteiger partial charge in [0.15, 0.2) is 6.20 Å². The zero-order valence-corrected chi connectivity index (χ0v) is 20.8. The zero-order valence-electron chi connectivity index (χ0n) is 20.8. The third-order valence-corrected chi connectivity index (χ3v) is 7.52. The number of aromatic nitrogens is 2. The number of hydrogen-bond acceptors (Lipinski definition) is 0. The summed E-state index contributed by atoms with van der Waals surface area (Å²) in [4.78, 5) is 3.96. The molecule has 0 saturated heterocycles. The SMILES string of the molecule is [C-]#[N+]C(C)(C)c1cc2cc[n+](C)c3c4c(C)ccc5c6cc(CC(C)C)ccc6n(c(c1)c23)c54.